The fraction of sp³-hybridized carbons (Fsp3) is 0.667. The van der Waals surface area contributed by atoms with Crippen molar-refractivity contribution in [3.63, 3.8) is 0 Å². The van der Waals surface area contributed by atoms with E-state index in [1.807, 2.05) is 11.6 Å². The van der Waals surface area contributed by atoms with Crippen LogP contribution >= 0.6 is 11.3 Å². The molecule has 2 heterocycles. The average molecular weight is 197 g/mol. The van der Waals surface area contributed by atoms with Crippen LogP contribution in [-0.4, -0.2) is 24.1 Å². The second-order valence-corrected chi connectivity index (χ2v) is 4.86. The summed E-state index contributed by atoms with van der Waals surface area (Å²) in [5.74, 6) is 0. The summed E-state index contributed by atoms with van der Waals surface area (Å²) in [4.78, 5) is 4.33. The minimum atomic E-state index is 0.0148. The molecule has 0 spiro atoms. The van der Waals surface area contributed by atoms with Crippen LogP contribution in [0.4, 0.5) is 0 Å². The van der Waals surface area contributed by atoms with E-state index in [0.717, 1.165) is 13.1 Å². The number of hydrogen-bond donors (Lipinski definition) is 2. The molecule has 4 heteroatoms. The third-order valence-electron chi connectivity index (χ3n) is 2.31. The van der Waals surface area contributed by atoms with Gasteiger partial charge in [0.25, 0.3) is 0 Å². The van der Waals surface area contributed by atoms with Gasteiger partial charge in [0.2, 0.25) is 0 Å². The van der Waals surface area contributed by atoms with Crippen molar-refractivity contribution >= 4 is 11.3 Å². The molecular formula is C9H15N3S. The van der Waals surface area contributed by atoms with E-state index in [1.165, 1.54) is 5.01 Å². The van der Waals surface area contributed by atoms with Crippen LogP contribution in [0.2, 0.25) is 0 Å². The number of nitrogens with zero attached hydrogens (tertiary/aromatic N) is 1. The maximum Gasteiger partial charge on any atom is 0.112 e. The lowest BCUT2D eigenvalue weighted by Gasteiger charge is -2.35. The second-order valence-electron chi connectivity index (χ2n) is 3.96. The Balaban J connectivity index is 2.02. The number of aromatic nitrogens is 1. The van der Waals surface area contributed by atoms with Gasteiger partial charge in [0, 0.05) is 30.7 Å². The van der Waals surface area contributed by atoms with Crippen LogP contribution in [0.3, 0.4) is 0 Å². The fourth-order valence-corrected chi connectivity index (χ4v) is 2.22. The molecule has 2 rings (SSSR count). The normalized spacial score (nSPS) is 18.6. The molecule has 72 valence electrons. The van der Waals surface area contributed by atoms with E-state index in [4.69, 9.17) is 0 Å². The van der Waals surface area contributed by atoms with Gasteiger partial charge >= 0.3 is 0 Å². The van der Waals surface area contributed by atoms with Gasteiger partial charge in [-0.25, -0.2) is 4.98 Å². The van der Waals surface area contributed by atoms with Gasteiger partial charge in [0.15, 0.2) is 0 Å². The van der Waals surface area contributed by atoms with Crippen LogP contribution in [0, 0.1) is 0 Å². The van der Waals surface area contributed by atoms with Crippen molar-refractivity contribution in [1.82, 2.24) is 15.6 Å². The van der Waals surface area contributed by atoms with Gasteiger partial charge in [0.1, 0.15) is 5.01 Å². The average Bonchev–Trinajstić information content (AvgIpc) is 2.49. The number of hydrogen-bond acceptors (Lipinski definition) is 4. The molecule has 1 aromatic rings. The molecule has 2 N–H and O–H groups in total. The van der Waals surface area contributed by atoms with Crippen molar-refractivity contribution in [2.75, 3.05) is 13.1 Å². The molecule has 0 bridgehead atoms. The summed E-state index contributed by atoms with van der Waals surface area (Å²) < 4.78 is 0. The molecule has 1 aliphatic rings. The zero-order chi connectivity index (χ0) is 9.31. The molecule has 1 saturated heterocycles. The van der Waals surface area contributed by atoms with Gasteiger partial charge in [-0.1, -0.05) is 0 Å². The quantitative estimate of drug-likeness (QED) is 0.757. The van der Waals surface area contributed by atoms with Crippen molar-refractivity contribution in [3.8, 4) is 0 Å². The number of nitrogens with one attached hydrogen (secondary N) is 2. The third kappa shape index (κ3) is 1.90. The van der Waals surface area contributed by atoms with Crippen LogP contribution in [0.1, 0.15) is 18.9 Å². The molecule has 1 fully saturated rings. The van der Waals surface area contributed by atoms with Crippen molar-refractivity contribution in [2.24, 2.45) is 0 Å². The van der Waals surface area contributed by atoms with Gasteiger partial charge in [-0.3, -0.25) is 0 Å². The topological polar surface area (TPSA) is 37.0 Å². The van der Waals surface area contributed by atoms with Crippen molar-refractivity contribution in [3.05, 3.63) is 16.6 Å². The fourth-order valence-electron chi connectivity index (χ4n) is 1.49. The second kappa shape index (κ2) is 3.36. The van der Waals surface area contributed by atoms with Crippen LogP contribution in [0.15, 0.2) is 11.6 Å². The highest BCUT2D eigenvalue weighted by Crippen LogP contribution is 2.22. The smallest absolute Gasteiger partial charge is 0.112 e. The van der Waals surface area contributed by atoms with Crippen molar-refractivity contribution in [1.29, 1.82) is 0 Å². The first-order valence-electron chi connectivity index (χ1n) is 4.57. The number of rotatable bonds is 3. The molecular weight excluding hydrogens is 182 g/mol. The molecule has 0 amide bonds. The molecule has 0 saturated carbocycles. The predicted octanol–water partition coefficient (Wildman–Crippen LogP) is 0.940. The van der Waals surface area contributed by atoms with Gasteiger partial charge < -0.3 is 10.6 Å². The van der Waals surface area contributed by atoms with Crippen LogP contribution in [-0.2, 0) is 5.54 Å². The van der Waals surface area contributed by atoms with Crippen LogP contribution in [0.25, 0.3) is 0 Å². The van der Waals surface area contributed by atoms with Crippen molar-refractivity contribution < 1.29 is 0 Å². The lowest BCUT2D eigenvalue weighted by molar-refractivity contribution is 0.273. The molecule has 1 aromatic heterocycles. The van der Waals surface area contributed by atoms with E-state index in [2.05, 4.69) is 29.5 Å². The predicted molar refractivity (Wildman–Crippen MR) is 54.9 cm³/mol. The maximum atomic E-state index is 4.33. The summed E-state index contributed by atoms with van der Waals surface area (Å²) in [6, 6.07) is 0.610. The van der Waals surface area contributed by atoms with E-state index in [-0.39, 0.29) is 5.54 Å². The first-order valence-corrected chi connectivity index (χ1v) is 5.45. The Bertz CT molecular complexity index is 264. The monoisotopic (exact) mass is 197 g/mol. The Labute approximate surface area is 82.6 Å². The van der Waals surface area contributed by atoms with E-state index >= 15 is 0 Å². The Morgan fingerprint density at radius 2 is 2.38 bits per heavy atom. The zero-order valence-electron chi connectivity index (χ0n) is 8.00. The van der Waals surface area contributed by atoms with E-state index in [0.29, 0.717) is 6.04 Å². The minimum Gasteiger partial charge on any atom is -0.314 e. The summed E-state index contributed by atoms with van der Waals surface area (Å²) in [7, 11) is 0. The molecule has 0 radical (unpaired) electrons. The largest absolute Gasteiger partial charge is 0.314 e. The van der Waals surface area contributed by atoms with E-state index in [1.54, 1.807) is 11.3 Å². The van der Waals surface area contributed by atoms with Gasteiger partial charge in [-0.2, -0.15) is 0 Å². The molecule has 13 heavy (non-hydrogen) atoms. The summed E-state index contributed by atoms with van der Waals surface area (Å²) in [6.07, 6.45) is 1.86. The Kier molecular flexibility index (Phi) is 2.36. The highest BCUT2D eigenvalue weighted by Gasteiger charge is 2.28. The first kappa shape index (κ1) is 9.12. The van der Waals surface area contributed by atoms with E-state index in [9.17, 15) is 0 Å². The summed E-state index contributed by atoms with van der Waals surface area (Å²) >= 11 is 1.71. The molecule has 1 aliphatic heterocycles. The summed E-state index contributed by atoms with van der Waals surface area (Å²) in [6.45, 7) is 6.53. The zero-order valence-corrected chi connectivity index (χ0v) is 8.82. The molecule has 0 aromatic carbocycles. The highest BCUT2D eigenvalue weighted by molar-refractivity contribution is 7.09. The van der Waals surface area contributed by atoms with Gasteiger partial charge in [0.05, 0.1) is 5.54 Å². The lowest BCUT2D eigenvalue weighted by Crippen LogP contribution is -2.59. The Morgan fingerprint density at radius 1 is 1.62 bits per heavy atom. The molecule has 0 atom stereocenters. The summed E-state index contributed by atoms with van der Waals surface area (Å²) in [5.41, 5.74) is 0.0148. The SMILES string of the molecule is CC(C)(NC1CNC1)c1nccs1. The number of thiazole rings is 1. The maximum absolute atomic E-state index is 4.33. The highest BCUT2D eigenvalue weighted by atomic mass is 32.1. The third-order valence-corrected chi connectivity index (χ3v) is 3.41. The van der Waals surface area contributed by atoms with E-state index < -0.39 is 0 Å². The standard InChI is InChI=1S/C9H15N3S/c1-9(2,8-11-3-4-13-8)12-7-5-10-6-7/h3-4,7,10,12H,5-6H2,1-2H3. The molecule has 3 nitrogen and oxygen atoms in total. The lowest BCUT2D eigenvalue weighted by atomic mass is 10.0. The minimum absolute atomic E-state index is 0.0148. The van der Waals surface area contributed by atoms with Crippen LogP contribution < -0.4 is 10.6 Å². The van der Waals surface area contributed by atoms with Crippen molar-refractivity contribution in [2.45, 2.75) is 25.4 Å². The summed E-state index contributed by atoms with van der Waals surface area (Å²) in [5, 5.41) is 10.0. The van der Waals surface area contributed by atoms with Crippen LogP contribution in [0.5, 0.6) is 0 Å². The Hall–Kier alpha value is -0.450. The Morgan fingerprint density at radius 3 is 2.85 bits per heavy atom. The molecule has 0 unspecified atom stereocenters. The van der Waals surface area contributed by atoms with Gasteiger partial charge in [-0.15, -0.1) is 11.3 Å². The first-order chi connectivity index (χ1) is 6.18. The molecule has 0 aliphatic carbocycles. The van der Waals surface area contributed by atoms with Gasteiger partial charge in [-0.05, 0) is 13.8 Å².